The summed E-state index contributed by atoms with van der Waals surface area (Å²) in [5, 5.41) is 0. The van der Waals surface area contributed by atoms with Gasteiger partial charge in [0, 0.05) is 26.0 Å². The van der Waals surface area contributed by atoms with Gasteiger partial charge in [-0.05, 0) is 187 Å². The highest BCUT2D eigenvalue weighted by molar-refractivity contribution is 6.18. The van der Waals surface area contributed by atoms with Gasteiger partial charge in [-0.1, -0.05) is 95.9 Å². The molecule has 0 heterocycles. The number of hydrogen-bond donors (Lipinski definition) is 0. The molecule has 0 aromatic carbocycles. The predicted octanol–water partition coefficient (Wildman–Crippen LogP) is 16.9. The van der Waals surface area contributed by atoms with Crippen LogP contribution in [0.1, 0.15) is 212 Å². The molecule has 14 atom stereocenters. The zero-order valence-electron chi connectivity index (χ0n) is 39.6. The summed E-state index contributed by atoms with van der Waals surface area (Å²) in [4.78, 5) is 0. The Hall–Kier alpha value is 0.460. The third-order valence-corrected chi connectivity index (χ3v) is 13.3. The van der Waals surface area contributed by atoms with E-state index in [-0.39, 0.29) is 12.6 Å². The van der Waals surface area contributed by atoms with Crippen LogP contribution < -0.4 is 0 Å². The first-order valence-electron chi connectivity index (χ1n) is 23.8. The maximum absolute atomic E-state index is 6.33. The SMILES string of the molecule is COC(CCCC(C)CC(C)CC(C)CC(C)CC(C)CC(C)CCCCl)OC(CCCC(C)CC(C)CC(C)CC(C)CC(C)CC(C)CCCCl)OC. The van der Waals surface area contributed by atoms with E-state index in [2.05, 4.69) is 83.1 Å². The third kappa shape index (κ3) is 32.0. The highest BCUT2D eigenvalue weighted by Crippen LogP contribution is 2.32. The lowest BCUT2D eigenvalue weighted by atomic mass is 9.81. The summed E-state index contributed by atoms with van der Waals surface area (Å²) >= 11 is 11.8. The minimum atomic E-state index is -0.189. The summed E-state index contributed by atoms with van der Waals surface area (Å²) in [5.74, 6) is 11.1. The van der Waals surface area contributed by atoms with E-state index in [4.69, 9.17) is 37.4 Å². The molecule has 0 bridgehead atoms. The molecule has 0 aromatic heterocycles. The molecule has 55 heavy (non-hydrogen) atoms. The molecule has 0 aromatic rings. The molecule has 0 saturated heterocycles. The average molecular weight is 820 g/mol. The van der Waals surface area contributed by atoms with Gasteiger partial charge in [-0.2, -0.15) is 0 Å². The van der Waals surface area contributed by atoms with Crippen molar-refractivity contribution in [2.75, 3.05) is 26.0 Å². The van der Waals surface area contributed by atoms with Gasteiger partial charge in [-0.3, -0.25) is 0 Å². The number of methoxy groups -OCH3 is 2. The Kier molecular flexibility index (Phi) is 34.5. The van der Waals surface area contributed by atoms with Gasteiger partial charge in [0.15, 0.2) is 12.6 Å². The van der Waals surface area contributed by atoms with Crippen molar-refractivity contribution in [3.8, 4) is 0 Å². The highest BCUT2D eigenvalue weighted by Gasteiger charge is 2.21. The molecule has 0 aliphatic rings. The molecule has 0 radical (unpaired) electrons. The van der Waals surface area contributed by atoms with Crippen LogP contribution in [0.3, 0.4) is 0 Å². The summed E-state index contributed by atoms with van der Waals surface area (Å²) in [7, 11) is 3.57. The summed E-state index contributed by atoms with van der Waals surface area (Å²) in [6.45, 7) is 29.5. The van der Waals surface area contributed by atoms with Crippen molar-refractivity contribution in [2.45, 2.75) is 224 Å². The molecular weight excluding hydrogens is 719 g/mol. The lowest BCUT2D eigenvalue weighted by Gasteiger charge is -2.26. The first-order valence-corrected chi connectivity index (χ1v) is 24.9. The first-order chi connectivity index (χ1) is 26.0. The molecule has 0 saturated carbocycles. The number of halogens is 2. The number of rotatable bonds is 38. The first kappa shape index (κ1) is 55.5. The molecule has 0 spiro atoms. The number of hydrogen-bond acceptors (Lipinski definition) is 3. The highest BCUT2D eigenvalue weighted by atomic mass is 35.5. The normalized spacial score (nSPS) is 20.1. The lowest BCUT2D eigenvalue weighted by Crippen LogP contribution is -2.25. The van der Waals surface area contributed by atoms with Gasteiger partial charge in [-0.15, -0.1) is 23.2 Å². The number of alkyl halides is 2. The third-order valence-electron chi connectivity index (χ3n) is 12.8. The van der Waals surface area contributed by atoms with Gasteiger partial charge >= 0.3 is 0 Å². The van der Waals surface area contributed by atoms with Crippen molar-refractivity contribution in [3.05, 3.63) is 0 Å². The Morgan fingerprint density at radius 1 is 0.291 bits per heavy atom. The van der Waals surface area contributed by atoms with Crippen LogP contribution in [0.4, 0.5) is 0 Å². The summed E-state index contributed by atoms with van der Waals surface area (Å²) in [6.07, 6.45) is 24.5. The van der Waals surface area contributed by atoms with Gasteiger partial charge in [0.1, 0.15) is 0 Å². The topological polar surface area (TPSA) is 27.7 Å². The van der Waals surface area contributed by atoms with E-state index in [0.717, 1.165) is 121 Å². The predicted molar refractivity (Wildman–Crippen MR) is 246 cm³/mol. The van der Waals surface area contributed by atoms with Gasteiger partial charge in [0.05, 0.1) is 0 Å². The fourth-order valence-corrected chi connectivity index (χ4v) is 11.2. The van der Waals surface area contributed by atoms with Crippen molar-refractivity contribution in [3.63, 3.8) is 0 Å². The maximum Gasteiger partial charge on any atom is 0.160 e. The van der Waals surface area contributed by atoms with E-state index in [1.807, 2.05) is 0 Å². The summed E-state index contributed by atoms with van der Waals surface area (Å²) in [5.41, 5.74) is 0. The second kappa shape index (κ2) is 34.2. The van der Waals surface area contributed by atoms with Crippen molar-refractivity contribution in [1.82, 2.24) is 0 Å². The van der Waals surface area contributed by atoms with Crippen molar-refractivity contribution < 1.29 is 14.2 Å². The summed E-state index contributed by atoms with van der Waals surface area (Å²) < 4.78 is 17.9. The lowest BCUT2D eigenvalue weighted by molar-refractivity contribution is -0.233. The average Bonchev–Trinajstić information content (AvgIpc) is 3.07. The van der Waals surface area contributed by atoms with Crippen LogP contribution >= 0.6 is 23.2 Å². The van der Waals surface area contributed by atoms with Crippen LogP contribution in [-0.2, 0) is 14.2 Å². The Morgan fingerprint density at radius 2 is 0.491 bits per heavy atom. The number of ether oxygens (including phenoxy) is 3. The molecule has 0 N–H and O–H groups in total. The zero-order chi connectivity index (χ0) is 41.8. The van der Waals surface area contributed by atoms with Crippen LogP contribution in [0, 0.1) is 71.0 Å². The van der Waals surface area contributed by atoms with Crippen LogP contribution in [-0.4, -0.2) is 38.6 Å². The largest absolute Gasteiger partial charge is 0.356 e. The molecule has 0 fully saturated rings. The Morgan fingerprint density at radius 3 is 0.691 bits per heavy atom. The van der Waals surface area contributed by atoms with E-state index in [9.17, 15) is 0 Å². The van der Waals surface area contributed by atoms with E-state index in [1.54, 1.807) is 14.2 Å². The van der Waals surface area contributed by atoms with E-state index >= 15 is 0 Å². The molecule has 14 unspecified atom stereocenters. The molecule has 5 heteroatoms. The van der Waals surface area contributed by atoms with Crippen LogP contribution in [0.25, 0.3) is 0 Å². The molecular formula is C50H100Cl2O3. The van der Waals surface area contributed by atoms with Crippen molar-refractivity contribution in [1.29, 1.82) is 0 Å². The van der Waals surface area contributed by atoms with Gasteiger partial charge in [0.25, 0.3) is 0 Å². The molecule has 332 valence electrons. The summed E-state index contributed by atoms with van der Waals surface area (Å²) in [6, 6.07) is 0. The minimum absolute atomic E-state index is 0.189. The standard InChI is InChI=1S/C50H100Cl2O3/c1-37(27-41(5)31-45(9)35-47(11)33-43(7)29-39(3)21-17-25-51)19-15-23-49(53-13)55-50(54-14)24-16-20-38(2)28-42(6)32-46(10)36-48(12)34-44(8)30-40(4)22-18-26-52/h37-50H,15-36H2,1-14H3. The van der Waals surface area contributed by atoms with E-state index in [1.165, 1.54) is 89.9 Å². The Balaban J connectivity index is 4.35. The van der Waals surface area contributed by atoms with Crippen molar-refractivity contribution in [2.24, 2.45) is 71.0 Å². The van der Waals surface area contributed by atoms with Crippen LogP contribution in [0.2, 0.25) is 0 Å². The quantitative estimate of drug-likeness (QED) is 0.0459. The van der Waals surface area contributed by atoms with E-state index < -0.39 is 0 Å². The fourth-order valence-electron chi connectivity index (χ4n) is 10.9. The second-order valence-corrected chi connectivity index (χ2v) is 21.4. The van der Waals surface area contributed by atoms with Gasteiger partial charge in [-0.25, -0.2) is 0 Å². The Labute approximate surface area is 357 Å². The fraction of sp³-hybridized carbons (Fsp3) is 1.00. The monoisotopic (exact) mass is 819 g/mol. The van der Waals surface area contributed by atoms with E-state index in [0.29, 0.717) is 0 Å². The zero-order valence-corrected chi connectivity index (χ0v) is 41.1. The second-order valence-electron chi connectivity index (χ2n) is 20.6. The van der Waals surface area contributed by atoms with Crippen LogP contribution in [0.5, 0.6) is 0 Å². The van der Waals surface area contributed by atoms with Gasteiger partial charge in [0.2, 0.25) is 0 Å². The van der Waals surface area contributed by atoms with Crippen molar-refractivity contribution >= 4 is 23.2 Å². The molecule has 0 rings (SSSR count). The van der Waals surface area contributed by atoms with Crippen LogP contribution in [0.15, 0.2) is 0 Å². The molecule has 0 aliphatic heterocycles. The molecule has 0 aliphatic carbocycles. The Bertz CT molecular complexity index is 776. The molecule has 3 nitrogen and oxygen atoms in total. The smallest absolute Gasteiger partial charge is 0.160 e. The maximum atomic E-state index is 6.33. The minimum Gasteiger partial charge on any atom is -0.356 e. The van der Waals surface area contributed by atoms with Gasteiger partial charge < -0.3 is 14.2 Å². The molecule has 0 amide bonds.